The van der Waals surface area contributed by atoms with Crippen molar-refractivity contribution in [3.8, 4) is 11.4 Å². The van der Waals surface area contributed by atoms with E-state index in [9.17, 15) is 13.2 Å². The number of aromatic amines is 1. The lowest BCUT2D eigenvalue weighted by atomic mass is 9.87. The molecule has 0 radical (unpaired) electrons. The van der Waals surface area contributed by atoms with Crippen LogP contribution in [0.2, 0.25) is 0 Å². The van der Waals surface area contributed by atoms with Crippen LogP contribution in [-0.4, -0.2) is 39.3 Å². The van der Waals surface area contributed by atoms with E-state index in [1.807, 2.05) is 4.90 Å². The first kappa shape index (κ1) is 20.6. The third kappa shape index (κ3) is 4.12. The van der Waals surface area contributed by atoms with Gasteiger partial charge in [0.25, 0.3) is 0 Å². The van der Waals surface area contributed by atoms with Crippen molar-refractivity contribution in [1.82, 2.24) is 20.2 Å². The van der Waals surface area contributed by atoms with Crippen LogP contribution in [0.4, 0.5) is 19.0 Å². The van der Waals surface area contributed by atoms with Gasteiger partial charge in [-0.2, -0.15) is 18.3 Å². The SMILES string of the molecule is CC(C)C[C@@H]1C[C@@H](N)CN(c2ccc(C(F)(F)F)c(-c3[nH]nc4ncccc34)n2)C1.[HH].[HH].[HH].[HH]. The van der Waals surface area contributed by atoms with Gasteiger partial charge in [0.2, 0.25) is 0 Å². The Balaban J connectivity index is 0.00000272. The van der Waals surface area contributed by atoms with Crippen LogP contribution in [0.25, 0.3) is 22.4 Å². The van der Waals surface area contributed by atoms with Gasteiger partial charge in [-0.3, -0.25) is 5.10 Å². The number of hydrogen-bond donors (Lipinski definition) is 2. The summed E-state index contributed by atoms with van der Waals surface area (Å²) in [6.07, 6.45) is -1.06. The number of pyridine rings is 2. The molecule has 4 heterocycles. The van der Waals surface area contributed by atoms with Crippen molar-refractivity contribution < 1.29 is 18.9 Å². The summed E-state index contributed by atoms with van der Waals surface area (Å²) in [6, 6.07) is 5.85. The van der Waals surface area contributed by atoms with Gasteiger partial charge in [0, 0.05) is 36.4 Å². The molecule has 2 atom stereocenters. The number of nitrogens with zero attached hydrogens (tertiary/aromatic N) is 4. The summed E-state index contributed by atoms with van der Waals surface area (Å²) < 4.78 is 41.3. The van der Waals surface area contributed by atoms with E-state index in [2.05, 4.69) is 34.0 Å². The standard InChI is InChI=1S/C21H25F3N6.4H2/c1-12(2)8-13-9-14(25)11-30(10-13)17-6-5-16(21(22,23)24)19(27-17)18-15-4-3-7-26-20(15)29-28-18;;;;/h3-7,12-14H,8-11,25H2,1-2H3,(H,26,28,29);4*1H/t13-,14-;;;;/m1..../s1. The number of nitrogens with one attached hydrogen (secondary N) is 1. The van der Waals surface area contributed by atoms with Gasteiger partial charge in [-0.15, -0.1) is 0 Å². The number of piperidine rings is 1. The maximum atomic E-state index is 13.8. The van der Waals surface area contributed by atoms with Crippen molar-refractivity contribution in [3.63, 3.8) is 0 Å². The number of nitrogens with two attached hydrogens (primary N) is 1. The number of aromatic nitrogens is 4. The van der Waals surface area contributed by atoms with Gasteiger partial charge in [-0.25, -0.2) is 9.97 Å². The van der Waals surface area contributed by atoms with Crippen LogP contribution in [0.1, 0.15) is 38.0 Å². The molecule has 0 aliphatic carbocycles. The summed E-state index contributed by atoms with van der Waals surface area (Å²) in [6.45, 7) is 5.62. The summed E-state index contributed by atoms with van der Waals surface area (Å²) in [5.41, 5.74) is 5.85. The van der Waals surface area contributed by atoms with E-state index in [-0.39, 0.29) is 23.1 Å². The molecule has 0 spiro atoms. The van der Waals surface area contributed by atoms with Crippen molar-refractivity contribution in [2.24, 2.45) is 17.6 Å². The summed E-state index contributed by atoms with van der Waals surface area (Å²) in [5, 5.41) is 7.24. The van der Waals surface area contributed by atoms with E-state index in [1.54, 1.807) is 18.3 Å². The minimum atomic E-state index is -4.54. The topological polar surface area (TPSA) is 83.7 Å². The van der Waals surface area contributed by atoms with Crippen LogP contribution in [0.3, 0.4) is 0 Å². The highest BCUT2D eigenvalue weighted by atomic mass is 19.4. The minimum Gasteiger partial charge on any atom is -0.355 e. The quantitative estimate of drug-likeness (QED) is 0.597. The highest BCUT2D eigenvalue weighted by molar-refractivity contribution is 5.90. The molecular formula is C21H33F3N6. The Bertz CT molecular complexity index is 1040. The fourth-order valence-corrected chi connectivity index (χ4v) is 4.35. The van der Waals surface area contributed by atoms with E-state index in [0.717, 1.165) is 25.5 Å². The highest BCUT2D eigenvalue weighted by Gasteiger charge is 2.36. The Kier molecular flexibility index (Phi) is 5.40. The molecule has 168 valence electrons. The monoisotopic (exact) mass is 426 g/mol. The number of anilines is 1. The molecule has 0 aromatic carbocycles. The Morgan fingerprint density at radius 3 is 2.80 bits per heavy atom. The molecule has 3 aromatic rings. The fourth-order valence-electron chi connectivity index (χ4n) is 4.35. The van der Waals surface area contributed by atoms with E-state index in [0.29, 0.717) is 35.2 Å². The molecule has 9 heteroatoms. The summed E-state index contributed by atoms with van der Waals surface area (Å²) in [7, 11) is 0. The maximum absolute atomic E-state index is 13.8. The summed E-state index contributed by atoms with van der Waals surface area (Å²) in [4.78, 5) is 10.6. The number of fused-ring (bicyclic) bond motifs is 1. The fraction of sp³-hybridized carbons (Fsp3) is 0.476. The lowest BCUT2D eigenvalue weighted by Gasteiger charge is -2.38. The molecule has 1 fully saturated rings. The summed E-state index contributed by atoms with van der Waals surface area (Å²) >= 11 is 0. The van der Waals surface area contributed by atoms with Crippen LogP contribution >= 0.6 is 0 Å². The molecule has 30 heavy (non-hydrogen) atoms. The van der Waals surface area contributed by atoms with E-state index in [1.165, 1.54) is 6.07 Å². The van der Waals surface area contributed by atoms with E-state index in [4.69, 9.17) is 5.73 Å². The van der Waals surface area contributed by atoms with Crippen LogP contribution in [0.5, 0.6) is 0 Å². The second-order valence-electron chi connectivity index (χ2n) is 8.43. The van der Waals surface area contributed by atoms with Crippen molar-refractivity contribution in [3.05, 3.63) is 36.0 Å². The van der Waals surface area contributed by atoms with Gasteiger partial charge < -0.3 is 10.6 Å². The smallest absolute Gasteiger partial charge is 0.355 e. The molecule has 0 bridgehead atoms. The van der Waals surface area contributed by atoms with Crippen molar-refractivity contribution in [2.45, 2.75) is 38.9 Å². The molecule has 3 N–H and O–H groups in total. The van der Waals surface area contributed by atoms with Crippen LogP contribution in [-0.2, 0) is 6.18 Å². The first-order valence-electron chi connectivity index (χ1n) is 10.1. The van der Waals surface area contributed by atoms with Crippen LogP contribution in [0.15, 0.2) is 30.5 Å². The Morgan fingerprint density at radius 2 is 2.07 bits per heavy atom. The first-order valence-corrected chi connectivity index (χ1v) is 10.1. The molecule has 1 aliphatic heterocycles. The van der Waals surface area contributed by atoms with Gasteiger partial charge in [0.05, 0.1) is 11.3 Å². The van der Waals surface area contributed by atoms with E-state index >= 15 is 0 Å². The number of alkyl halides is 3. The Morgan fingerprint density at radius 1 is 1.27 bits per heavy atom. The van der Waals surface area contributed by atoms with Crippen LogP contribution < -0.4 is 10.6 Å². The maximum Gasteiger partial charge on any atom is 0.418 e. The van der Waals surface area contributed by atoms with Gasteiger partial charge in [-0.1, -0.05) is 13.8 Å². The zero-order valence-corrected chi connectivity index (χ0v) is 16.9. The summed E-state index contributed by atoms with van der Waals surface area (Å²) in [5.74, 6) is 1.41. The number of H-pyrrole nitrogens is 1. The second-order valence-corrected chi connectivity index (χ2v) is 8.43. The normalized spacial score (nSPS) is 20.3. The molecule has 3 aromatic heterocycles. The average Bonchev–Trinajstić information content (AvgIpc) is 3.10. The molecule has 0 unspecified atom stereocenters. The van der Waals surface area contributed by atoms with Gasteiger partial charge in [0.1, 0.15) is 11.5 Å². The minimum absolute atomic E-state index is 0. The Labute approximate surface area is 178 Å². The van der Waals surface area contributed by atoms with Gasteiger partial charge in [-0.05, 0) is 48.9 Å². The van der Waals surface area contributed by atoms with Crippen molar-refractivity contribution >= 4 is 16.9 Å². The third-order valence-corrected chi connectivity index (χ3v) is 5.45. The number of hydrogen-bond acceptors (Lipinski definition) is 5. The predicted octanol–water partition coefficient (Wildman–Crippen LogP) is 5.22. The van der Waals surface area contributed by atoms with Gasteiger partial charge in [0.15, 0.2) is 5.65 Å². The molecule has 6 nitrogen and oxygen atoms in total. The van der Waals surface area contributed by atoms with Crippen LogP contribution in [0, 0.1) is 11.8 Å². The van der Waals surface area contributed by atoms with E-state index < -0.39 is 11.7 Å². The largest absolute Gasteiger partial charge is 0.418 e. The predicted molar refractivity (Wildman–Crippen MR) is 118 cm³/mol. The lowest BCUT2D eigenvalue weighted by Crippen LogP contribution is -2.47. The highest BCUT2D eigenvalue weighted by Crippen LogP contribution is 2.39. The third-order valence-electron chi connectivity index (χ3n) is 5.45. The molecule has 0 saturated carbocycles. The Hall–Kier alpha value is -2.68. The molecule has 0 amide bonds. The van der Waals surface area contributed by atoms with Crippen molar-refractivity contribution in [1.29, 1.82) is 0 Å². The number of rotatable bonds is 4. The molecule has 1 saturated heterocycles. The van der Waals surface area contributed by atoms with Gasteiger partial charge >= 0.3 is 6.18 Å². The first-order chi connectivity index (χ1) is 14.2. The average molecular weight is 427 g/mol. The number of halogens is 3. The zero-order chi connectivity index (χ0) is 21.5. The zero-order valence-electron chi connectivity index (χ0n) is 16.9. The molecule has 1 aliphatic rings. The molecular weight excluding hydrogens is 393 g/mol. The molecule has 4 rings (SSSR count). The second kappa shape index (κ2) is 7.86. The lowest BCUT2D eigenvalue weighted by molar-refractivity contribution is -0.137. The van der Waals surface area contributed by atoms with Crippen molar-refractivity contribution in [2.75, 3.05) is 18.0 Å².